The number of nitrogens with zero attached hydrogens (tertiary/aromatic N) is 1. The average Bonchev–Trinajstić information content (AvgIpc) is 2.22. The van der Waals surface area contributed by atoms with E-state index in [1.54, 1.807) is 7.11 Å². The van der Waals surface area contributed by atoms with Gasteiger partial charge in [0.15, 0.2) is 0 Å². The summed E-state index contributed by atoms with van der Waals surface area (Å²) in [4.78, 5) is 4.40. The molecule has 0 amide bonds. The maximum atomic E-state index is 5.61. The summed E-state index contributed by atoms with van der Waals surface area (Å²) in [5.41, 5.74) is 2.19. The molecule has 1 heterocycles. The van der Waals surface area contributed by atoms with E-state index < -0.39 is 0 Å². The fourth-order valence-corrected chi connectivity index (χ4v) is 1.48. The van der Waals surface area contributed by atoms with Crippen LogP contribution in [-0.4, -0.2) is 31.9 Å². The lowest BCUT2D eigenvalue weighted by Gasteiger charge is -2.14. The highest BCUT2D eigenvalue weighted by molar-refractivity contribution is 5.24. The first-order valence-corrected chi connectivity index (χ1v) is 5.44. The van der Waals surface area contributed by atoms with Gasteiger partial charge in [0, 0.05) is 25.4 Å². The van der Waals surface area contributed by atoms with Crippen LogP contribution in [0.25, 0.3) is 0 Å². The van der Waals surface area contributed by atoms with Crippen molar-refractivity contribution in [3.05, 3.63) is 23.4 Å². The van der Waals surface area contributed by atoms with Crippen LogP contribution in [0.5, 0.6) is 5.88 Å². The number of hydrogen-bond donors (Lipinski definition) is 1. The molecule has 0 aliphatic carbocycles. The first-order valence-electron chi connectivity index (χ1n) is 5.44. The molecule has 0 aliphatic heterocycles. The lowest BCUT2D eigenvalue weighted by molar-refractivity contribution is 0.0888. The van der Waals surface area contributed by atoms with Gasteiger partial charge < -0.3 is 14.8 Å². The molecular weight excluding hydrogens is 204 g/mol. The van der Waals surface area contributed by atoms with E-state index in [1.165, 1.54) is 5.56 Å². The number of methoxy groups -OCH3 is 1. The molecule has 0 bridgehead atoms. The zero-order valence-corrected chi connectivity index (χ0v) is 10.4. The second kappa shape index (κ2) is 6.45. The highest BCUT2D eigenvalue weighted by atomic mass is 16.5. The van der Waals surface area contributed by atoms with Gasteiger partial charge in [0.05, 0.1) is 6.61 Å². The second-order valence-electron chi connectivity index (χ2n) is 3.81. The molecule has 0 radical (unpaired) electrons. The van der Waals surface area contributed by atoms with E-state index in [1.807, 2.05) is 33.0 Å². The second-order valence-corrected chi connectivity index (χ2v) is 3.81. The minimum atomic E-state index is 0.0204. The van der Waals surface area contributed by atoms with Crippen molar-refractivity contribution in [2.45, 2.75) is 26.5 Å². The summed E-state index contributed by atoms with van der Waals surface area (Å²) in [6, 6.07) is 3.93. The fourth-order valence-electron chi connectivity index (χ4n) is 1.48. The van der Waals surface area contributed by atoms with E-state index in [0.29, 0.717) is 12.5 Å². The number of pyridine rings is 1. The van der Waals surface area contributed by atoms with Crippen molar-refractivity contribution in [2.75, 3.05) is 20.8 Å². The Kier molecular flexibility index (Phi) is 5.22. The summed E-state index contributed by atoms with van der Waals surface area (Å²) >= 11 is 0. The summed E-state index contributed by atoms with van der Waals surface area (Å²) in [5.74, 6) is 0.655. The van der Waals surface area contributed by atoms with E-state index in [9.17, 15) is 0 Å². The normalized spacial score (nSPS) is 12.5. The van der Waals surface area contributed by atoms with Gasteiger partial charge in [-0.15, -0.1) is 0 Å². The highest BCUT2D eigenvalue weighted by Gasteiger charge is 2.06. The van der Waals surface area contributed by atoms with Gasteiger partial charge in [-0.1, -0.05) is 6.07 Å². The molecular formula is C12H20N2O2. The molecule has 1 N–H and O–H groups in total. The van der Waals surface area contributed by atoms with Crippen molar-refractivity contribution in [1.82, 2.24) is 10.3 Å². The highest BCUT2D eigenvalue weighted by Crippen LogP contribution is 2.13. The summed E-state index contributed by atoms with van der Waals surface area (Å²) in [6.45, 7) is 5.34. The van der Waals surface area contributed by atoms with Crippen LogP contribution >= 0.6 is 0 Å². The van der Waals surface area contributed by atoms with Crippen molar-refractivity contribution in [2.24, 2.45) is 0 Å². The smallest absolute Gasteiger partial charge is 0.213 e. The van der Waals surface area contributed by atoms with Crippen LogP contribution in [-0.2, 0) is 11.3 Å². The predicted octanol–water partition coefficient (Wildman–Crippen LogP) is 1.52. The molecule has 1 rings (SSSR count). The first kappa shape index (κ1) is 12.9. The summed E-state index contributed by atoms with van der Waals surface area (Å²) < 4.78 is 10.6. The number of aromatic nitrogens is 1. The molecule has 1 aromatic rings. The minimum absolute atomic E-state index is 0.0204. The molecule has 0 aromatic carbocycles. The lowest BCUT2D eigenvalue weighted by Crippen LogP contribution is -2.19. The summed E-state index contributed by atoms with van der Waals surface area (Å²) in [7, 11) is 3.58. The summed E-state index contributed by atoms with van der Waals surface area (Å²) in [5, 5.41) is 3.10. The lowest BCUT2D eigenvalue weighted by atomic mass is 10.2. The molecule has 0 saturated heterocycles. The van der Waals surface area contributed by atoms with Crippen LogP contribution in [0.4, 0.5) is 0 Å². The maximum absolute atomic E-state index is 5.61. The molecule has 0 fully saturated rings. The molecule has 90 valence electrons. The van der Waals surface area contributed by atoms with Crippen LogP contribution < -0.4 is 10.1 Å². The van der Waals surface area contributed by atoms with Gasteiger partial charge >= 0.3 is 0 Å². The molecule has 1 unspecified atom stereocenters. The Balaban J connectivity index is 2.65. The van der Waals surface area contributed by atoms with Gasteiger partial charge in [-0.3, -0.25) is 0 Å². The molecule has 1 aromatic heterocycles. The average molecular weight is 224 g/mol. The number of rotatable bonds is 6. The van der Waals surface area contributed by atoms with Crippen LogP contribution in [0.2, 0.25) is 0 Å². The van der Waals surface area contributed by atoms with E-state index >= 15 is 0 Å². The van der Waals surface area contributed by atoms with Crippen molar-refractivity contribution in [3.8, 4) is 5.88 Å². The molecule has 4 heteroatoms. The third-order valence-electron chi connectivity index (χ3n) is 2.26. The van der Waals surface area contributed by atoms with Crippen LogP contribution in [0, 0.1) is 6.92 Å². The molecule has 0 aliphatic rings. The number of aryl methyl sites for hydroxylation is 1. The molecule has 0 spiro atoms. The molecule has 4 nitrogen and oxygen atoms in total. The third kappa shape index (κ3) is 3.79. The Bertz CT molecular complexity index is 329. The minimum Gasteiger partial charge on any atom is -0.472 e. The Morgan fingerprint density at radius 3 is 2.75 bits per heavy atom. The van der Waals surface area contributed by atoms with Crippen LogP contribution in [0.3, 0.4) is 0 Å². The van der Waals surface area contributed by atoms with Gasteiger partial charge in [0.25, 0.3) is 0 Å². The standard InChI is InChI=1S/C12H20N2O2/c1-9(8-15-4)16-12-6-5-11(7-13-3)10(2)14-12/h5-6,9,13H,7-8H2,1-4H3. The van der Waals surface area contributed by atoms with Gasteiger partial charge in [-0.25, -0.2) is 4.98 Å². The van der Waals surface area contributed by atoms with E-state index in [4.69, 9.17) is 9.47 Å². The predicted molar refractivity (Wildman–Crippen MR) is 63.7 cm³/mol. The molecule has 0 saturated carbocycles. The number of hydrogen-bond acceptors (Lipinski definition) is 4. The maximum Gasteiger partial charge on any atom is 0.213 e. The monoisotopic (exact) mass is 224 g/mol. The Morgan fingerprint density at radius 2 is 2.19 bits per heavy atom. The number of nitrogens with one attached hydrogen (secondary N) is 1. The Morgan fingerprint density at radius 1 is 1.44 bits per heavy atom. The molecule has 16 heavy (non-hydrogen) atoms. The van der Waals surface area contributed by atoms with Gasteiger partial charge in [0.2, 0.25) is 5.88 Å². The van der Waals surface area contributed by atoms with Gasteiger partial charge in [-0.05, 0) is 26.5 Å². The SMILES string of the molecule is CNCc1ccc(OC(C)COC)nc1C. The number of ether oxygens (including phenoxy) is 2. The van der Waals surface area contributed by atoms with E-state index in [2.05, 4.69) is 10.3 Å². The quantitative estimate of drug-likeness (QED) is 0.795. The summed E-state index contributed by atoms with van der Waals surface area (Å²) in [6.07, 6.45) is 0.0204. The van der Waals surface area contributed by atoms with E-state index in [0.717, 1.165) is 12.2 Å². The third-order valence-corrected chi connectivity index (χ3v) is 2.26. The van der Waals surface area contributed by atoms with Crippen molar-refractivity contribution in [3.63, 3.8) is 0 Å². The molecule has 1 atom stereocenters. The Labute approximate surface area is 97.0 Å². The zero-order chi connectivity index (χ0) is 12.0. The van der Waals surface area contributed by atoms with Crippen molar-refractivity contribution >= 4 is 0 Å². The Hall–Kier alpha value is -1.13. The van der Waals surface area contributed by atoms with Crippen molar-refractivity contribution in [1.29, 1.82) is 0 Å². The van der Waals surface area contributed by atoms with E-state index in [-0.39, 0.29) is 6.10 Å². The van der Waals surface area contributed by atoms with Crippen molar-refractivity contribution < 1.29 is 9.47 Å². The largest absolute Gasteiger partial charge is 0.472 e. The van der Waals surface area contributed by atoms with Gasteiger partial charge in [-0.2, -0.15) is 0 Å². The zero-order valence-electron chi connectivity index (χ0n) is 10.4. The van der Waals surface area contributed by atoms with Crippen LogP contribution in [0.15, 0.2) is 12.1 Å². The topological polar surface area (TPSA) is 43.4 Å². The fraction of sp³-hybridized carbons (Fsp3) is 0.583. The van der Waals surface area contributed by atoms with Crippen LogP contribution in [0.1, 0.15) is 18.2 Å². The van der Waals surface area contributed by atoms with Gasteiger partial charge in [0.1, 0.15) is 6.10 Å². The first-order chi connectivity index (χ1) is 7.67.